The number of aromatic nitrogens is 3. The molecule has 3 aromatic heterocycles. The lowest BCUT2D eigenvalue weighted by Crippen LogP contribution is -2.48. The summed E-state index contributed by atoms with van der Waals surface area (Å²) in [7, 11) is 2.08. The van der Waals surface area contributed by atoms with E-state index in [0.717, 1.165) is 49.7 Å². The van der Waals surface area contributed by atoms with Gasteiger partial charge in [0.2, 0.25) is 0 Å². The Morgan fingerprint density at radius 2 is 2.00 bits per heavy atom. The SMILES string of the molecule is Cc1ccc(N2C[C@@H]3C[C@H](C2)c2ccc(CN(C)Cc4cccs4)c(=O)n2C3)nn1. The Hall–Kier alpha value is -2.51. The van der Waals surface area contributed by atoms with Crippen LogP contribution in [0.3, 0.4) is 0 Å². The molecule has 7 heteroatoms. The molecule has 6 nitrogen and oxygen atoms in total. The van der Waals surface area contributed by atoms with Crippen molar-refractivity contribution >= 4 is 17.2 Å². The Kier molecular flexibility index (Phi) is 5.16. The third-order valence-electron chi connectivity index (χ3n) is 6.24. The molecule has 30 heavy (non-hydrogen) atoms. The van der Waals surface area contributed by atoms with Gasteiger partial charge in [-0.3, -0.25) is 9.69 Å². The zero-order valence-electron chi connectivity index (χ0n) is 17.5. The first-order valence-electron chi connectivity index (χ1n) is 10.6. The summed E-state index contributed by atoms with van der Waals surface area (Å²) in [5.41, 5.74) is 3.18. The topological polar surface area (TPSA) is 54.3 Å². The van der Waals surface area contributed by atoms with Crippen LogP contribution < -0.4 is 10.5 Å². The quantitative estimate of drug-likeness (QED) is 0.633. The van der Waals surface area contributed by atoms with E-state index in [1.807, 2.05) is 23.6 Å². The maximum Gasteiger partial charge on any atom is 0.255 e. The molecule has 0 aromatic carbocycles. The van der Waals surface area contributed by atoms with Crippen molar-refractivity contribution in [2.75, 3.05) is 25.0 Å². The van der Waals surface area contributed by atoms with Crippen molar-refractivity contribution in [2.24, 2.45) is 5.92 Å². The summed E-state index contributed by atoms with van der Waals surface area (Å²) >= 11 is 1.76. The van der Waals surface area contributed by atoms with Crippen molar-refractivity contribution in [2.45, 2.75) is 38.9 Å². The van der Waals surface area contributed by atoms with E-state index < -0.39 is 0 Å². The van der Waals surface area contributed by atoms with Crippen LogP contribution >= 0.6 is 11.3 Å². The predicted octanol–water partition coefficient (Wildman–Crippen LogP) is 3.26. The fraction of sp³-hybridized carbons (Fsp3) is 0.435. The van der Waals surface area contributed by atoms with Gasteiger partial charge in [-0.2, -0.15) is 5.10 Å². The van der Waals surface area contributed by atoms with Gasteiger partial charge in [0.1, 0.15) is 0 Å². The first-order valence-corrected chi connectivity index (χ1v) is 11.4. The van der Waals surface area contributed by atoms with Gasteiger partial charge in [0, 0.05) is 54.8 Å². The van der Waals surface area contributed by atoms with Crippen molar-refractivity contribution in [3.63, 3.8) is 0 Å². The molecule has 0 N–H and O–H groups in total. The molecular weight excluding hydrogens is 394 g/mol. The maximum atomic E-state index is 13.3. The lowest BCUT2D eigenvalue weighted by molar-refractivity contribution is 0.276. The molecule has 2 atom stereocenters. The van der Waals surface area contributed by atoms with Gasteiger partial charge in [-0.25, -0.2) is 0 Å². The van der Waals surface area contributed by atoms with Crippen molar-refractivity contribution in [3.8, 4) is 0 Å². The highest BCUT2D eigenvalue weighted by Gasteiger charge is 2.35. The number of thiophene rings is 1. The molecule has 0 spiro atoms. The van der Waals surface area contributed by atoms with Crippen LogP contribution in [-0.4, -0.2) is 39.8 Å². The average Bonchev–Trinajstić information content (AvgIpc) is 3.24. The molecule has 156 valence electrons. The van der Waals surface area contributed by atoms with E-state index in [2.05, 4.69) is 56.7 Å². The molecule has 0 amide bonds. The van der Waals surface area contributed by atoms with Crippen LogP contribution in [0.15, 0.2) is 46.6 Å². The van der Waals surface area contributed by atoms with Gasteiger partial charge >= 0.3 is 0 Å². The lowest BCUT2D eigenvalue weighted by atomic mass is 9.83. The Bertz CT molecular complexity index is 1080. The normalized spacial score (nSPS) is 20.4. The Labute approximate surface area is 180 Å². The summed E-state index contributed by atoms with van der Waals surface area (Å²) < 4.78 is 2.05. The number of piperidine rings is 1. The van der Waals surface area contributed by atoms with E-state index in [1.54, 1.807) is 11.3 Å². The Morgan fingerprint density at radius 3 is 2.77 bits per heavy atom. The van der Waals surface area contributed by atoms with Gasteiger partial charge in [0.05, 0.1) is 5.69 Å². The van der Waals surface area contributed by atoms with Crippen molar-refractivity contribution in [1.82, 2.24) is 19.7 Å². The summed E-state index contributed by atoms with van der Waals surface area (Å²) in [6.45, 7) is 6.13. The predicted molar refractivity (Wildman–Crippen MR) is 120 cm³/mol. The number of hydrogen-bond acceptors (Lipinski definition) is 6. The molecule has 0 radical (unpaired) electrons. The summed E-state index contributed by atoms with van der Waals surface area (Å²) in [5, 5.41) is 10.7. The molecule has 2 bridgehead atoms. The van der Waals surface area contributed by atoms with Crippen LogP contribution in [0.5, 0.6) is 0 Å². The first-order chi connectivity index (χ1) is 14.6. The number of pyridine rings is 1. The molecule has 0 unspecified atom stereocenters. The van der Waals surface area contributed by atoms with E-state index in [-0.39, 0.29) is 5.56 Å². The molecule has 0 saturated carbocycles. The van der Waals surface area contributed by atoms with Crippen LogP contribution in [0.1, 0.15) is 34.2 Å². The van der Waals surface area contributed by atoms with E-state index >= 15 is 0 Å². The van der Waals surface area contributed by atoms with Gasteiger partial charge in [-0.15, -0.1) is 16.4 Å². The molecular formula is C23H27N5OS. The largest absolute Gasteiger partial charge is 0.354 e. The van der Waals surface area contributed by atoms with Crippen molar-refractivity contribution < 1.29 is 0 Å². The fourth-order valence-electron chi connectivity index (χ4n) is 4.87. The second-order valence-electron chi connectivity index (χ2n) is 8.69. The summed E-state index contributed by atoms with van der Waals surface area (Å²) in [4.78, 5) is 19.2. The monoisotopic (exact) mass is 421 g/mol. The molecule has 2 aliphatic rings. The zero-order valence-corrected chi connectivity index (χ0v) is 18.3. The molecule has 5 heterocycles. The molecule has 3 aromatic rings. The van der Waals surface area contributed by atoms with Crippen LogP contribution in [0, 0.1) is 12.8 Å². The maximum absolute atomic E-state index is 13.3. The molecule has 1 fully saturated rings. The smallest absolute Gasteiger partial charge is 0.255 e. The highest BCUT2D eigenvalue weighted by molar-refractivity contribution is 7.09. The van der Waals surface area contributed by atoms with Gasteiger partial charge in [0.15, 0.2) is 5.82 Å². The number of rotatable bonds is 5. The minimum atomic E-state index is 0.184. The number of aryl methyl sites for hydroxylation is 1. The summed E-state index contributed by atoms with van der Waals surface area (Å²) in [6.07, 6.45) is 1.15. The lowest BCUT2D eigenvalue weighted by Gasteiger charge is -2.43. The van der Waals surface area contributed by atoms with Gasteiger partial charge in [-0.1, -0.05) is 12.1 Å². The van der Waals surface area contributed by atoms with Crippen LogP contribution in [0.4, 0.5) is 5.82 Å². The number of nitrogens with zero attached hydrogens (tertiary/aromatic N) is 5. The van der Waals surface area contributed by atoms with E-state index in [1.165, 1.54) is 10.6 Å². The Morgan fingerprint density at radius 1 is 1.10 bits per heavy atom. The van der Waals surface area contributed by atoms with Crippen LogP contribution in [0.2, 0.25) is 0 Å². The molecule has 5 rings (SSSR count). The third-order valence-corrected chi connectivity index (χ3v) is 7.10. The fourth-order valence-corrected chi connectivity index (χ4v) is 5.66. The third kappa shape index (κ3) is 3.79. The zero-order chi connectivity index (χ0) is 20.7. The first kappa shape index (κ1) is 19.5. The highest BCUT2D eigenvalue weighted by Crippen LogP contribution is 2.36. The van der Waals surface area contributed by atoms with E-state index in [0.29, 0.717) is 18.4 Å². The summed E-state index contributed by atoms with van der Waals surface area (Å²) in [6, 6.07) is 12.5. The van der Waals surface area contributed by atoms with E-state index in [4.69, 9.17) is 0 Å². The average molecular weight is 422 g/mol. The Balaban J connectivity index is 1.35. The van der Waals surface area contributed by atoms with Crippen molar-refractivity contribution in [1.29, 1.82) is 0 Å². The number of anilines is 1. The minimum absolute atomic E-state index is 0.184. The summed E-state index contributed by atoms with van der Waals surface area (Å²) in [5.74, 6) is 1.78. The number of hydrogen-bond donors (Lipinski definition) is 0. The van der Waals surface area contributed by atoms with Crippen LogP contribution in [0.25, 0.3) is 0 Å². The van der Waals surface area contributed by atoms with Gasteiger partial charge in [0.25, 0.3) is 5.56 Å². The minimum Gasteiger partial charge on any atom is -0.354 e. The highest BCUT2D eigenvalue weighted by atomic mass is 32.1. The second kappa shape index (κ2) is 7.96. The van der Waals surface area contributed by atoms with Gasteiger partial charge < -0.3 is 9.47 Å². The molecule has 0 aliphatic carbocycles. The van der Waals surface area contributed by atoms with Crippen molar-refractivity contribution in [3.05, 3.63) is 74.0 Å². The number of fused-ring (bicyclic) bond motifs is 4. The second-order valence-corrected chi connectivity index (χ2v) is 9.72. The molecule has 2 aliphatic heterocycles. The standard InChI is InChI=1S/C23H27N5OS/c1-16-5-8-22(25-24-16)27-11-17-10-19(14-27)21-7-6-18(23(29)28(21)12-17)13-26(2)15-20-4-3-9-30-20/h3-9,17,19H,10-15H2,1-2H3/t17-,19+/m0/s1. The van der Waals surface area contributed by atoms with Gasteiger partial charge in [-0.05, 0) is 56.0 Å². The van der Waals surface area contributed by atoms with E-state index in [9.17, 15) is 4.79 Å². The molecule has 1 saturated heterocycles. The van der Waals surface area contributed by atoms with Crippen LogP contribution in [-0.2, 0) is 19.6 Å².